The van der Waals surface area contributed by atoms with Gasteiger partial charge in [-0.05, 0) is 54.3 Å². The number of hydrazone groups is 1. The fourth-order valence-corrected chi connectivity index (χ4v) is 4.54. The first-order chi connectivity index (χ1) is 15.3. The van der Waals surface area contributed by atoms with Gasteiger partial charge < -0.3 is 9.84 Å². The van der Waals surface area contributed by atoms with Crippen molar-refractivity contribution in [1.29, 1.82) is 0 Å². The Morgan fingerprint density at radius 3 is 2.59 bits per heavy atom. The van der Waals surface area contributed by atoms with Crippen molar-refractivity contribution in [2.45, 2.75) is 11.1 Å². The van der Waals surface area contributed by atoms with Gasteiger partial charge in [0.05, 0.1) is 23.2 Å². The number of hydrogen-bond donors (Lipinski definition) is 3. The number of carboxylic acids is 1. The normalized spacial score (nSPS) is 11.6. The number of amides is 1. The third-order valence-corrected chi connectivity index (χ3v) is 6.79. The smallest absolute Gasteiger partial charge is 0.341 e. The number of aliphatic carboxylic acids is 1. The molecule has 2 heterocycles. The first kappa shape index (κ1) is 22.9. The van der Waals surface area contributed by atoms with E-state index in [-0.39, 0.29) is 15.5 Å². The fraction of sp³-hybridized carbons (Fsp3) is 0.100. The van der Waals surface area contributed by atoms with Crippen molar-refractivity contribution in [3.8, 4) is 5.75 Å². The van der Waals surface area contributed by atoms with Gasteiger partial charge in [0.25, 0.3) is 15.9 Å². The summed E-state index contributed by atoms with van der Waals surface area (Å²) in [5.41, 5.74) is 3.60. The summed E-state index contributed by atoms with van der Waals surface area (Å²) in [6.45, 7) is 1.22. The van der Waals surface area contributed by atoms with Crippen LogP contribution in [-0.4, -0.2) is 42.7 Å². The number of hydrogen-bond acceptors (Lipinski definition) is 8. The number of rotatable bonds is 9. The Hall–Kier alpha value is -3.77. The molecule has 12 heteroatoms. The third kappa shape index (κ3) is 5.89. The van der Waals surface area contributed by atoms with E-state index in [9.17, 15) is 18.0 Å². The summed E-state index contributed by atoms with van der Waals surface area (Å²) in [6, 6.07) is 10.9. The average Bonchev–Trinajstić information content (AvgIpc) is 3.32. The number of pyridine rings is 1. The number of aromatic nitrogens is 1. The fourth-order valence-electron chi connectivity index (χ4n) is 2.48. The van der Waals surface area contributed by atoms with E-state index in [1.165, 1.54) is 24.5 Å². The third-order valence-electron chi connectivity index (χ3n) is 4.03. The van der Waals surface area contributed by atoms with Crippen LogP contribution >= 0.6 is 11.3 Å². The highest BCUT2D eigenvalue weighted by Gasteiger charge is 2.19. The summed E-state index contributed by atoms with van der Waals surface area (Å²) in [4.78, 5) is 27.1. The highest BCUT2D eigenvalue weighted by molar-refractivity contribution is 7.94. The van der Waals surface area contributed by atoms with Crippen LogP contribution in [0.1, 0.15) is 22.8 Å². The van der Waals surface area contributed by atoms with Crippen LogP contribution < -0.4 is 14.9 Å². The van der Waals surface area contributed by atoms with E-state index in [4.69, 9.17) is 9.84 Å². The molecule has 3 N–H and O–H groups in total. The second-order valence-electron chi connectivity index (χ2n) is 6.30. The molecule has 0 spiro atoms. The van der Waals surface area contributed by atoms with Gasteiger partial charge >= 0.3 is 5.97 Å². The van der Waals surface area contributed by atoms with Gasteiger partial charge in [-0.25, -0.2) is 18.6 Å². The van der Waals surface area contributed by atoms with Gasteiger partial charge in [-0.1, -0.05) is 6.07 Å². The van der Waals surface area contributed by atoms with Gasteiger partial charge in [0.1, 0.15) is 9.96 Å². The molecule has 0 unspecified atom stereocenters. The van der Waals surface area contributed by atoms with Crippen molar-refractivity contribution in [1.82, 2.24) is 10.4 Å². The van der Waals surface area contributed by atoms with E-state index >= 15 is 0 Å². The molecule has 0 aliphatic heterocycles. The number of anilines is 1. The Bertz CT molecular complexity index is 1240. The Morgan fingerprint density at radius 1 is 1.19 bits per heavy atom. The largest absolute Gasteiger partial charge is 0.482 e. The molecule has 0 radical (unpaired) electrons. The van der Waals surface area contributed by atoms with Crippen LogP contribution in [0.25, 0.3) is 0 Å². The van der Waals surface area contributed by atoms with Gasteiger partial charge in [0, 0.05) is 6.20 Å². The minimum Gasteiger partial charge on any atom is -0.482 e. The highest BCUT2D eigenvalue weighted by atomic mass is 32.2. The molecule has 0 aliphatic carbocycles. The van der Waals surface area contributed by atoms with Crippen molar-refractivity contribution in [3.63, 3.8) is 0 Å². The van der Waals surface area contributed by atoms with Gasteiger partial charge in [-0.2, -0.15) is 5.10 Å². The lowest BCUT2D eigenvalue weighted by molar-refractivity contribution is -0.139. The number of ether oxygens (including phenoxy) is 1. The lowest BCUT2D eigenvalue weighted by Crippen LogP contribution is -2.22. The minimum absolute atomic E-state index is 0.0196. The zero-order valence-electron chi connectivity index (χ0n) is 16.7. The van der Waals surface area contributed by atoms with Crippen LogP contribution in [0.15, 0.2) is 69.5 Å². The molecule has 10 nitrogen and oxygen atoms in total. The molecule has 0 fully saturated rings. The van der Waals surface area contributed by atoms with Crippen LogP contribution in [0.5, 0.6) is 5.75 Å². The summed E-state index contributed by atoms with van der Waals surface area (Å²) in [5, 5.41) is 14.3. The van der Waals surface area contributed by atoms with Gasteiger partial charge in [-0.3, -0.25) is 14.5 Å². The van der Waals surface area contributed by atoms with Crippen LogP contribution in [0.4, 0.5) is 5.69 Å². The van der Waals surface area contributed by atoms with E-state index in [1.54, 1.807) is 42.6 Å². The number of thiophene rings is 1. The van der Waals surface area contributed by atoms with E-state index in [1.807, 2.05) is 0 Å². The number of nitrogens with one attached hydrogen (secondary N) is 2. The van der Waals surface area contributed by atoms with E-state index in [2.05, 4.69) is 20.2 Å². The molecular formula is C20H18N4O6S2. The molecule has 1 amide bonds. The molecule has 3 rings (SSSR count). The molecule has 0 bridgehead atoms. The van der Waals surface area contributed by atoms with E-state index in [0.717, 1.165) is 11.3 Å². The van der Waals surface area contributed by atoms with Crippen LogP contribution in [0.3, 0.4) is 0 Å². The summed E-state index contributed by atoms with van der Waals surface area (Å²) in [6.07, 6.45) is 2.61. The average molecular weight is 475 g/mol. The lowest BCUT2D eigenvalue weighted by Gasteiger charge is -2.10. The number of sulfonamides is 1. The molecule has 32 heavy (non-hydrogen) atoms. The summed E-state index contributed by atoms with van der Waals surface area (Å²) in [5.74, 6) is -1.33. The highest BCUT2D eigenvalue weighted by Crippen LogP contribution is 2.22. The monoisotopic (exact) mass is 474 g/mol. The number of carbonyl (C=O) groups excluding carboxylic acids is 1. The van der Waals surface area contributed by atoms with E-state index in [0.29, 0.717) is 17.0 Å². The van der Waals surface area contributed by atoms with Crippen LogP contribution in [0, 0.1) is 0 Å². The number of benzene rings is 1. The van der Waals surface area contributed by atoms with Gasteiger partial charge in [0.15, 0.2) is 6.61 Å². The molecule has 0 aliphatic rings. The van der Waals surface area contributed by atoms with Crippen LogP contribution in [-0.2, 0) is 14.8 Å². The molecule has 0 saturated carbocycles. The Balaban J connectivity index is 1.71. The minimum atomic E-state index is -3.85. The molecule has 0 saturated heterocycles. The Morgan fingerprint density at radius 2 is 1.94 bits per heavy atom. The molecular weight excluding hydrogens is 456 g/mol. The first-order valence-corrected chi connectivity index (χ1v) is 11.4. The molecule has 1 aromatic carbocycles. The number of carbonyl (C=O) groups is 2. The summed E-state index contributed by atoms with van der Waals surface area (Å²) < 4.78 is 32.5. The maximum absolute atomic E-state index is 12.6. The van der Waals surface area contributed by atoms with Crippen molar-refractivity contribution in [3.05, 3.63) is 71.4 Å². The SMILES string of the molecule is CC(=NNC(=O)c1ccncc1NS(=O)(=O)c1cccs1)c1ccc(OCC(=O)O)cc1. The predicted octanol–water partition coefficient (Wildman–Crippen LogP) is 2.56. The topological polar surface area (TPSA) is 147 Å². The zero-order valence-corrected chi connectivity index (χ0v) is 18.3. The number of carboxylic acid groups (broad SMARTS) is 1. The van der Waals surface area contributed by atoms with Crippen molar-refractivity contribution in [2.24, 2.45) is 5.10 Å². The molecule has 166 valence electrons. The Labute approximate surface area is 187 Å². The molecule has 0 atom stereocenters. The summed E-state index contributed by atoms with van der Waals surface area (Å²) >= 11 is 1.05. The number of nitrogens with zero attached hydrogens (tertiary/aromatic N) is 2. The lowest BCUT2D eigenvalue weighted by atomic mass is 10.1. The standard InChI is InChI=1S/C20H18N4O6S2/c1-13(14-4-6-15(7-5-14)30-12-18(25)26)22-23-20(27)16-8-9-21-11-17(16)24-32(28,29)19-3-2-10-31-19/h2-11,24H,12H2,1H3,(H,23,27)(H,25,26). The maximum atomic E-state index is 12.6. The maximum Gasteiger partial charge on any atom is 0.341 e. The first-order valence-electron chi connectivity index (χ1n) is 9.06. The predicted molar refractivity (Wildman–Crippen MR) is 119 cm³/mol. The molecule has 2 aromatic heterocycles. The van der Waals surface area contributed by atoms with Gasteiger partial charge in [-0.15, -0.1) is 11.3 Å². The van der Waals surface area contributed by atoms with Crippen molar-refractivity contribution >= 4 is 44.6 Å². The van der Waals surface area contributed by atoms with Crippen molar-refractivity contribution < 1.29 is 27.9 Å². The van der Waals surface area contributed by atoms with Gasteiger partial charge in [0.2, 0.25) is 0 Å². The quantitative estimate of drug-likeness (QED) is 0.319. The van der Waals surface area contributed by atoms with E-state index < -0.39 is 28.5 Å². The Kier molecular flexibility index (Phi) is 7.18. The summed E-state index contributed by atoms with van der Waals surface area (Å²) in [7, 11) is -3.85. The second kappa shape index (κ2) is 10.0. The molecule has 3 aromatic rings. The zero-order chi connectivity index (χ0) is 23.1. The van der Waals surface area contributed by atoms with Crippen molar-refractivity contribution in [2.75, 3.05) is 11.3 Å². The van der Waals surface area contributed by atoms with Crippen LogP contribution in [0.2, 0.25) is 0 Å². The second-order valence-corrected chi connectivity index (χ2v) is 9.16.